The number of amides is 2. The minimum atomic E-state index is -0.162. The van der Waals surface area contributed by atoms with Gasteiger partial charge in [0.25, 0.3) is 0 Å². The number of thiophene rings is 1. The molecule has 2 aromatic heterocycles. The van der Waals surface area contributed by atoms with Gasteiger partial charge in [0, 0.05) is 27.3 Å². The Bertz CT molecular complexity index is 1140. The summed E-state index contributed by atoms with van der Waals surface area (Å²) in [5.74, 6) is -0.275. The summed E-state index contributed by atoms with van der Waals surface area (Å²) in [6.45, 7) is 0. The molecule has 0 saturated heterocycles. The van der Waals surface area contributed by atoms with Gasteiger partial charge < -0.3 is 16.0 Å². The van der Waals surface area contributed by atoms with E-state index < -0.39 is 0 Å². The molecule has 0 spiro atoms. The lowest BCUT2D eigenvalue weighted by molar-refractivity contribution is -0.116. The van der Waals surface area contributed by atoms with Crippen LogP contribution in [-0.2, 0) is 22.4 Å². The van der Waals surface area contributed by atoms with Gasteiger partial charge in [-0.25, -0.2) is 4.98 Å². The summed E-state index contributed by atoms with van der Waals surface area (Å²) >= 11 is 2.86. The third-order valence-electron chi connectivity index (χ3n) is 4.29. The number of hydrogen-bond donors (Lipinski definition) is 3. The van der Waals surface area contributed by atoms with E-state index in [0.717, 1.165) is 16.3 Å². The van der Waals surface area contributed by atoms with E-state index in [2.05, 4.69) is 20.9 Å². The zero-order chi connectivity index (χ0) is 21.5. The van der Waals surface area contributed by atoms with Crippen LogP contribution in [0.25, 0.3) is 0 Å². The van der Waals surface area contributed by atoms with Crippen molar-refractivity contribution in [2.45, 2.75) is 12.8 Å². The number of benzene rings is 2. The van der Waals surface area contributed by atoms with E-state index in [-0.39, 0.29) is 18.2 Å². The van der Waals surface area contributed by atoms with Crippen molar-refractivity contribution in [3.05, 3.63) is 88.1 Å². The number of para-hydroxylation sites is 1. The Morgan fingerprint density at radius 1 is 0.742 bits per heavy atom. The highest BCUT2D eigenvalue weighted by atomic mass is 32.1. The molecule has 0 aliphatic carbocycles. The molecule has 4 rings (SSSR count). The van der Waals surface area contributed by atoms with Crippen molar-refractivity contribution >= 4 is 56.7 Å². The predicted octanol–water partition coefficient (Wildman–Crippen LogP) is 5.31. The van der Waals surface area contributed by atoms with Crippen LogP contribution in [0.4, 0.5) is 22.2 Å². The third kappa shape index (κ3) is 6.24. The molecule has 0 saturated carbocycles. The first kappa shape index (κ1) is 20.8. The van der Waals surface area contributed by atoms with E-state index in [1.165, 1.54) is 11.3 Å². The smallest absolute Gasteiger partial charge is 0.231 e. The Balaban J connectivity index is 1.26. The highest BCUT2D eigenvalue weighted by Gasteiger charge is 2.11. The first-order valence-corrected chi connectivity index (χ1v) is 11.4. The zero-order valence-electron chi connectivity index (χ0n) is 16.5. The second kappa shape index (κ2) is 10.0. The molecule has 2 aromatic carbocycles. The molecule has 2 heterocycles. The average Bonchev–Trinajstić information content (AvgIpc) is 3.42. The molecule has 0 aliphatic heterocycles. The monoisotopic (exact) mass is 448 g/mol. The van der Waals surface area contributed by atoms with Crippen LogP contribution in [0.5, 0.6) is 0 Å². The first-order chi connectivity index (χ1) is 15.1. The SMILES string of the molecule is O=C(Cc1csc(NC(=O)Cc2cccs2)n1)Nc1ccc(Nc2ccccc2)cc1. The molecule has 2 amide bonds. The van der Waals surface area contributed by atoms with E-state index in [0.29, 0.717) is 22.9 Å². The maximum atomic E-state index is 12.4. The molecule has 0 bridgehead atoms. The molecule has 3 N–H and O–H groups in total. The van der Waals surface area contributed by atoms with E-state index in [1.54, 1.807) is 16.7 Å². The van der Waals surface area contributed by atoms with Crippen LogP contribution >= 0.6 is 22.7 Å². The number of carbonyl (C=O) groups excluding carboxylic acids is 2. The molecule has 0 fully saturated rings. The molecule has 4 aromatic rings. The molecule has 0 unspecified atom stereocenters. The van der Waals surface area contributed by atoms with Crippen LogP contribution in [0, 0.1) is 0 Å². The van der Waals surface area contributed by atoms with Crippen LogP contribution in [0.3, 0.4) is 0 Å². The fraction of sp³-hybridized carbons (Fsp3) is 0.0870. The minimum Gasteiger partial charge on any atom is -0.356 e. The maximum absolute atomic E-state index is 12.4. The highest BCUT2D eigenvalue weighted by molar-refractivity contribution is 7.14. The van der Waals surface area contributed by atoms with Crippen LogP contribution in [0.15, 0.2) is 77.5 Å². The van der Waals surface area contributed by atoms with Crippen molar-refractivity contribution in [1.29, 1.82) is 0 Å². The highest BCUT2D eigenvalue weighted by Crippen LogP contribution is 2.20. The number of anilines is 4. The van der Waals surface area contributed by atoms with E-state index in [9.17, 15) is 9.59 Å². The Kier molecular flexibility index (Phi) is 6.71. The Labute approximate surface area is 188 Å². The Hall–Kier alpha value is -3.49. The van der Waals surface area contributed by atoms with Crippen molar-refractivity contribution in [1.82, 2.24) is 4.98 Å². The van der Waals surface area contributed by atoms with Crippen molar-refractivity contribution in [2.75, 3.05) is 16.0 Å². The van der Waals surface area contributed by atoms with Gasteiger partial charge in [0.1, 0.15) is 0 Å². The van der Waals surface area contributed by atoms with Gasteiger partial charge in [0.05, 0.1) is 18.5 Å². The van der Waals surface area contributed by atoms with Crippen LogP contribution in [0.2, 0.25) is 0 Å². The Morgan fingerprint density at radius 3 is 2.19 bits per heavy atom. The summed E-state index contributed by atoms with van der Waals surface area (Å²) < 4.78 is 0. The number of aromatic nitrogens is 1. The minimum absolute atomic E-state index is 0.114. The normalized spacial score (nSPS) is 10.5. The van der Waals surface area contributed by atoms with Gasteiger partial charge in [-0.1, -0.05) is 24.3 Å². The van der Waals surface area contributed by atoms with Gasteiger partial charge >= 0.3 is 0 Å². The van der Waals surface area contributed by atoms with Gasteiger partial charge in [-0.05, 0) is 47.8 Å². The quantitative estimate of drug-likeness (QED) is 0.341. The lowest BCUT2D eigenvalue weighted by atomic mass is 10.2. The van der Waals surface area contributed by atoms with E-state index in [4.69, 9.17) is 0 Å². The third-order valence-corrected chi connectivity index (χ3v) is 5.97. The lowest BCUT2D eigenvalue weighted by Gasteiger charge is -2.08. The standard InChI is InChI=1S/C23H20N4O2S2/c28-21(25-18-10-8-17(9-11-18)24-16-5-2-1-3-6-16)13-19-15-31-23(26-19)27-22(29)14-20-7-4-12-30-20/h1-12,15,24H,13-14H2,(H,25,28)(H,26,27,29). The molecule has 8 heteroatoms. The van der Waals surface area contributed by atoms with Gasteiger partial charge in [-0.2, -0.15) is 0 Å². The largest absolute Gasteiger partial charge is 0.356 e. The second-order valence-electron chi connectivity index (χ2n) is 6.74. The number of hydrogen-bond acceptors (Lipinski definition) is 6. The average molecular weight is 449 g/mol. The number of nitrogens with zero attached hydrogens (tertiary/aromatic N) is 1. The number of nitrogens with one attached hydrogen (secondary N) is 3. The summed E-state index contributed by atoms with van der Waals surface area (Å²) in [5, 5.41) is 13.2. The summed E-state index contributed by atoms with van der Waals surface area (Å²) in [5.41, 5.74) is 3.27. The van der Waals surface area contributed by atoms with Gasteiger partial charge in [0.15, 0.2) is 5.13 Å². The van der Waals surface area contributed by atoms with Crippen LogP contribution < -0.4 is 16.0 Å². The predicted molar refractivity (Wildman–Crippen MR) is 127 cm³/mol. The second-order valence-corrected chi connectivity index (χ2v) is 8.63. The van der Waals surface area contributed by atoms with Gasteiger partial charge in [0.2, 0.25) is 11.8 Å². The molecule has 0 radical (unpaired) electrons. The van der Waals surface area contributed by atoms with Crippen molar-refractivity contribution < 1.29 is 9.59 Å². The summed E-state index contributed by atoms with van der Waals surface area (Å²) in [4.78, 5) is 29.8. The zero-order valence-corrected chi connectivity index (χ0v) is 18.1. The fourth-order valence-corrected chi connectivity index (χ4v) is 4.31. The summed E-state index contributed by atoms with van der Waals surface area (Å²) in [7, 11) is 0. The molecule has 156 valence electrons. The van der Waals surface area contributed by atoms with Gasteiger partial charge in [-0.15, -0.1) is 22.7 Å². The van der Waals surface area contributed by atoms with Gasteiger partial charge in [-0.3, -0.25) is 9.59 Å². The fourth-order valence-electron chi connectivity index (χ4n) is 2.88. The lowest BCUT2D eigenvalue weighted by Crippen LogP contribution is -2.15. The number of thiazole rings is 1. The molecule has 0 atom stereocenters. The topological polar surface area (TPSA) is 83.1 Å². The molecule has 6 nitrogen and oxygen atoms in total. The molecule has 31 heavy (non-hydrogen) atoms. The molecular formula is C23H20N4O2S2. The van der Waals surface area contributed by atoms with Crippen LogP contribution in [-0.4, -0.2) is 16.8 Å². The Morgan fingerprint density at radius 2 is 1.45 bits per heavy atom. The summed E-state index contributed by atoms with van der Waals surface area (Å²) in [6.07, 6.45) is 0.462. The van der Waals surface area contributed by atoms with Crippen molar-refractivity contribution in [3.63, 3.8) is 0 Å². The van der Waals surface area contributed by atoms with Crippen molar-refractivity contribution in [3.8, 4) is 0 Å². The van der Waals surface area contributed by atoms with E-state index >= 15 is 0 Å². The summed E-state index contributed by atoms with van der Waals surface area (Å²) in [6, 6.07) is 21.2. The first-order valence-electron chi connectivity index (χ1n) is 9.63. The number of rotatable bonds is 8. The molecule has 0 aliphatic rings. The van der Waals surface area contributed by atoms with Crippen LogP contribution in [0.1, 0.15) is 10.6 Å². The number of carbonyl (C=O) groups is 2. The molecular weight excluding hydrogens is 428 g/mol. The van der Waals surface area contributed by atoms with E-state index in [1.807, 2.05) is 72.1 Å². The maximum Gasteiger partial charge on any atom is 0.231 e. The van der Waals surface area contributed by atoms with Crippen molar-refractivity contribution in [2.24, 2.45) is 0 Å².